The van der Waals surface area contributed by atoms with E-state index in [1.165, 1.54) is 30.0 Å². The van der Waals surface area contributed by atoms with E-state index in [1.807, 2.05) is 0 Å². The van der Waals surface area contributed by atoms with Gasteiger partial charge in [-0.25, -0.2) is 4.79 Å². The van der Waals surface area contributed by atoms with Gasteiger partial charge >= 0.3 is 11.7 Å². The van der Waals surface area contributed by atoms with Crippen LogP contribution in [-0.2, 0) is 14.3 Å². The number of H-pyrrole nitrogens is 1. The monoisotopic (exact) mass is 447 g/mol. The number of carbonyl (C=O) groups is 1. The number of carbonyl (C=O) groups excluding carboxylic acids is 1. The zero-order chi connectivity index (χ0) is 23.2. The third kappa shape index (κ3) is 9.11. The molecular weight excluding hydrogens is 414 g/mol. The van der Waals surface area contributed by atoms with Gasteiger partial charge < -0.3 is 9.47 Å². The smallest absolute Gasteiger partial charge is 0.330 e. The minimum atomic E-state index is -0.632. The second-order valence-corrected chi connectivity index (χ2v) is 8.00. The molecule has 10 heteroatoms. The standard InChI is InChI=1S/C22H33N5O5/c1-17-15-27(22(30)25-21(17)29)19-13-12-18(32-19)16-31-20(28)11-9-7-5-3-2-4-6-8-10-14-24-26-23/h12-13,15,18-19H,2-11,14,16H2,1H3,(H,25,29,30)/t18-,19-/m0/s1. The average Bonchev–Trinajstić information content (AvgIpc) is 3.24. The van der Waals surface area contributed by atoms with E-state index in [9.17, 15) is 14.4 Å². The lowest BCUT2D eigenvalue weighted by Crippen LogP contribution is -2.33. The van der Waals surface area contributed by atoms with Crippen LogP contribution in [0.5, 0.6) is 0 Å². The van der Waals surface area contributed by atoms with Gasteiger partial charge in [0.25, 0.3) is 5.56 Å². The number of aromatic amines is 1. The molecule has 1 aliphatic rings. The quantitative estimate of drug-likeness (QED) is 0.108. The molecule has 2 atom stereocenters. The van der Waals surface area contributed by atoms with Crippen molar-refractivity contribution in [2.75, 3.05) is 13.2 Å². The molecule has 32 heavy (non-hydrogen) atoms. The predicted octanol–water partition coefficient (Wildman–Crippen LogP) is 4.05. The van der Waals surface area contributed by atoms with E-state index in [-0.39, 0.29) is 12.6 Å². The van der Waals surface area contributed by atoms with Gasteiger partial charge in [-0.1, -0.05) is 56.1 Å². The molecule has 10 nitrogen and oxygen atoms in total. The number of nitrogens with zero attached hydrogens (tertiary/aromatic N) is 4. The maximum atomic E-state index is 11.9. The second kappa shape index (κ2) is 14.3. The molecule has 0 bridgehead atoms. The highest BCUT2D eigenvalue weighted by molar-refractivity contribution is 5.69. The van der Waals surface area contributed by atoms with Crippen LogP contribution in [0.15, 0.2) is 33.1 Å². The highest BCUT2D eigenvalue weighted by atomic mass is 16.6. The van der Waals surface area contributed by atoms with Crippen LogP contribution in [0.2, 0.25) is 0 Å². The van der Waals surface area contributed by atoms with E-state index in [2.05, 4.69) is 15.0 Å². The molecule has 1 aliphatic heterocycles. The Kier molecular flexibility index (Phi) is 11.3. The highest BCUT2D eigenvalue weighted by Crippen LogP contribution is 2.20. The number of ether oxygens (including phenoxy) is 2. The Morgan fingerprint density at radius 1 is 1.12 bits per heavy atom. The summed E-state index contributed by atoms with van der Waals surface area (Å²) in [6.45, 7) is 2.30. The van der Waals surface area contributed by atoms with Gasteiger partial charge in [0.1, 0.15) is 12.7 Å². The van der Waals surface area contributed by atoms with Crippen LogP contribution < -0.4 is 11.2 Å². The van der Waals surface area contributed by atoms with Gasteiger partial charge in [-0.3, -0.25) is 19.1 Å². The summed E-state index contributed by atoms with van der Waals surface area (Å²) in [5.74, 6) is -0.248. The van der Waals surface area contributed by atoms with Gasteiger partial charge in [0, 0.05) is 29.6 Å². The maximum Gasteiger partial charge on any atom is 0.330 e. The van der Waals surface area contributed by atoms with Crippen molar-refractivity contribution in [2.45, 2.75) is 83.5 Å². The third-order valence-corrected chi connectivity index (χ3v) is 5.34. The Bertz CT molecular complexity index is 916. The molecule has 0 saturated carbocycles. The lowest BCUT2D eigenvalue weighted by molar-refractivity contribution is -0.147. The Balaban J connectivity index is 1.50. The van der Waals surface area contributed by atoms with E-state index in [1.54, 1.807) is 19.1 Å². The van der Waals surface area contributed by atoms with Crippen molar-refractivity contribution in [2.24, 2.45) is 5.11 Å². The number of rotatable bonds is 15. The molecule has 0 aliphatic carbocycles. The van der Waals surface area contributed by atoms with Crippen LogP contribution in [-0.4, -0.2) is 34.8 Å². The summed E-state index contributed by atoms with van der Waals surface area (Å²) in [6, 6.07) is 0. The molecule has 1 N–H and O–H groups in total. The molecule has 0 spiro atoms. The Hall–Kier alpha value is -2.84. The first-order chi connectivity index (χ1) is 15.5. The Labute approximate surface area is 187 Å². The zero-order valence-corrected chi connectivity index (χ0v) is 18.7. The van der Waals surface area contributed by atoms with E-state index in [0.29, 0.717) is 18.5 Å². The summed E-state index contributed by atoms with van der Waals surface area (Å²) in [5, 5.41) is 3.52. The van der Waals surface area contributed by atoms with Crippen LogP contribution in [0.4, 0.5) is 0 Å². The van der Waals surface area contributed by atoms with Crippen LogP contribution in [0, 0.1) is 6.92 Å². The summed E-state index contributed by atoms with van der Waals surface area (Å²) in [7, 11) is 0. The predicted molar refractivity (Wildman–Crippen MR) is 120 cm³/mol. The Morgan fingerprint density at radius 2 is 1.78 bits per heavy atom. The van der Waals surface area contributed by atoms with Crippen molar-refractivity contribution in [3.63, 3.8) is 0 Å². The number of hydrogen-bond donors (Lipinski definition) is 1. The summed E-state index contributed by atoms with van der Waals surface area (Å²) in [5.41, 5.74) is 7.65. The van der Waals surface area contributed by atoms with Crippen LogP contribution in [0.25, 0.3) is 10.4 Å². The minimum absolute atomic E-state index is 0.0998. The number of nitrogens with one attached hydrogen (secondary N) is 1. The Morgan fingerprint density at radius 3 is 2.47 bits per heavy atom. The molecule has 0 radical (unpaired) electrons. The lowest BCUT2D eigenvalue weighted by atomic mass is 10.1. The summed E-state index contributed by atoms with van der Waals surface area (Å²) >= 11 is 0. The van der Waals surface area contributed by atoms with Crippen molar-refractivity contribution in [1.82, 2.24) is 9.55 Å². The first-order valence-electron chi connectivity index (χ1n) is 11.3. The molecule has 1 aromatic rings. The molecule has 0 fully saturated rings. The van der Waals surface area contributed by atoms with Crippen molar-refractivity contribution < 1.29 is 14.3 Å². The summed E-state index contributed by atoms with van der Waals surface area (Å²) < 4.78 is 12.3. The van der Waals surface area contributed by atoms with Gasteiger partial charge in [0.05, 0.1) is 0 Å². The number of aromatic nitrogens is 2. The lowest BCUT2D eigenvalue weighted by Gasteiger charge is -2.16. The maximum absolute atomic E-state index is 11.9. The molecule has 0 saturated heterocycles. The van der Waals surface area contributed by atoms with Crippen LogP contribution in [0.1, 0.15) is 76.0 Å². The molecule has 0 amide bonds. The minimum Gasteiger partial charge on any atom is -0.463 e. The molecular formula is C22H33N5O5. The van der Waals surface area contributed by atoms with E-state index in [4.69, 9.17) is 15.0 Å². The van der Waals surface area contributed by atoms with Crippen molar-refractivity contribution in [3.8, 4) is 0 Å². The van der Waals surface area contributed by atoms with E-state index in [0.717, 1.165) is 38.5 Å². The summed E-state index contributed by atoms with van der Waals surface area (Å²) in [6.07, 6.45) is 13.9. The van der Waals surface area contributed by atoms with Crippen LogP contribution >= 0.6 is 0 Å². The number of esters is 1. The van der Waals surface area contributed by atoms with E-state index >= 15 is 0 Å². The number of unbranched alkanes of at least 4 members (excludes halogenated alkanes) is 8. The van der Waals surface area contributed by atoms with Gasteiger partial charge in [0.15, 0.2) is 6.23 Å². The highest BCUT2D eigenvalue weighted by Gasteiger charge is 2.23. The summed E-state index contributed by atoms with van der Waals surface area (Å²) in [4.78, 5) is 40.3. The third-order valence-electron chi connectivity index (χ3n) is 5.34. The second-order valence-electron chi connectivity index (χ2n) is 8.00. The molecule has 176 valence electrons. The molecule has 2 rings (SSSR count). The fourth-order valence-corrected chi connectivity index (χ4v) is 3.50. The van der Waals surface area contributed by atoms with Crippen LogP contribution in [0.3, 0.4) is 0 Å². The first kappa shape index (κ1) is 25.4. The molecule has 2 heterocycles. The van der Waals surface area contributed by atoms with Crippen molar-refractivity contribution >= 4 is 5.97 Å². The van der Waals surface area contributed by atoms with Gasteiger partial charge in [-0.05, 0) is 31.4 Å². The fraction of sp³-hybridized carbons (Fsp3) is 0.682. The number of hydrogen-bond acceptors (Lipinski definition) is 6. The number of aryl methyl sites for hydroxylation is 1. The molecule has 1 aromatic heterocycles. The average molecular weight is 448 g/mol. The fourth-order valence-electron chi connectivity index (χ4n) is 3.50. The zero-order valence-electron chi connectivity index (χ0n) is 18.7. The SMILES string of the molecule is Cc1cn([C@@H]2C=C[C@@H](COC(=O)CCCCCCCCCCCN=[N+]=[N-])O2)c(=O)[nH]c1=O. The largest absolute Gasteiger partial charge is 0.463 e. The van der Waals surface area contributed by atoms with Gasteiger partial charge in [-0.15, -0.1) is 0 Å². The van der Waals surface area contributed by atoms with Crippen molar-refractivity contribution in [3.05, 3.63) is 55.2 Å². The topological polar surface area (TPSA) is 139 Å². The number of azide groups is 1. The molecule has 0 unspecified atom stereocenters. The normalized spacial score (nSPS) is 17.3. The molecule has 0 aromatic carbocycles. The van der Waals surface area contributed by atoms with Gasteiger partial charge in [0.2, 0.25) is 0 Å². The first-order valence-corrected chi connectivity index (χ1v) is 11.3. The van der Waals surface area contributed by atoms with Crippen molar-refractivity contribution in [1.29, 1.82) is 0 Å². The van der Waals surface area contributed by atoms with E-state index < -0.39 is 23.6 Å². The van der Waals surface area contributed by atoms with Gasteiger partial charge in [-0.2, -0.15) is 0 Å².